The Morgan fingerprint density at radius 1 is 1.46 bits per heavy atom. The molecule has 0 spiro atoms. The first-order chi connectivity index (χ1) is 11.0. The molecule has 0 saturated carbocycles. The number of carbonyl (C=O) groups is 2. The average Bonchev–Trinajstić information content (AvgIpc) is 2.92. The minimum atomic E-state index is -0.556. The van der Waals surface area contributed by atoms with E-state index >= 15 is 0 Å². The van der Waals surface area contributed by atoms with Gasteiger partial charge in [-0.25, -0.2) is 0 Å². The number of methoxy groups -OCH3 is 1. The van der Waals surface area contributed by atoms with Crippen LogP contribution in [0.3, 0.4) is 0 Å². The molecule has 0 unspecified atom stereocenters. The van der Waals surface area contributed by atoms with Crippen LogP contribution in [0.25, 0.3) is 0 Å². The SMILES string of the molecule is COCC1(C(=O)N(C)CC(=O)Nc2cc(C)on2)CCNCC1.Cl. The van der Waals surface area contributed by atoms with Crippen LogP contribution in [0.15, 0.2) is 10.6 Å². The third kappa shape index (κ3) is 4.93. The lowest BCUT2D eigenvalue weighted by molar-refractivity contribution is -0.147. The van der Waals surface area contributed by atoms with E-state index in [4.69, 9.17) is 9.26 Å². The Labute approximate surface area is 147 Å². The van der Waals surface area contributed by atoms with Crippen molar-refractivity contribution in [1.29, 1.82) is 0 Å². The van der Waals surface area contributed by atoms with Crippen molar-refractivity contribution < 1.29 is 18.8 Å². The first kappa shape index (κ1) is 20.4. The van der Waals surface area contributed by atoms with E-state index in [1.54, 1.807) is 27.1 Å². The number of hydrogen-bond donors (Lipinski definition) is 2. The number of carbonyl (C=O) groups excluding carboxylic acids is 2. The fraction of sp³-hybridized carbons (Fsp3) is 0.667. The fourth-order valence-electron chi connectivity index (χ4n) is 2.90. The van der Waals surface area contributed by atoms with E-state index in [1.165, 1.54) is 4.90 Å². The molecule has 2 amide bonds. The van der Waals surface area contributed by atoms with Crippen molar-refractivity contribution in [3.63, 3.8) is 0 Å². The van der Waals surface area contributed by atoms with Crippen LogP contribution in [0.5, 0.6) is 0 Å². The molecule has 1 saturated heterocycles. The predicted molar refractivity (Wildman–Crippen MR) is 91.2 cm³/mol. The Balaban J connectivity index is 0.00000288. The van der Waals surface area contributed by atoms with E-state index in [0.717, 1.165) is 13.1 Å². The van der Waals surface area contributed by atoms with Crippen LogP contribution < -0.4 is 10.6 Å². The van der Waals surface area contributed by atoms with Gasteiger partial charge in [-0.2, -0.15) is 0 Å². The number of aryl methyl sites for hydroxylation is 1. The van der Waals surface area contributed by atoms with Crippen molar-refractivity contribution in [3.05, 3.63) is 11.8 Å². The Kier molecular flexibility index (Phi) is 7.65. The van der Waals surface area contributed by atoms with E-state index in [1.807, 2.05) is 0 Å². The summed E-state index contributed by atoms with van der Waals surface area (Å²) in [4.78, 5) is 26.3. The van der Waals surface area contributed by atoms with Crippen molar-refractivity contribution in [3.8, 4) is 0 Å². The lowest BCUT2D eigenvalue weighted by Crippen LogP contribution is -2.51. The molecule has 0 aromatic carbocycles. The molecule has 9 heteroatoms. The molecular formula is C15H25ClN4O4. The highest BCUT2D eigenvalue weighted by Gasteiger charge is 2.41. The van der Waals surface area contributed by atoms with Gasteiger partial charge in [0.25, 0.3) is 0 Å². The summed E-state index contributed by atoms with van der Waals surface area (Å²) in [6, 6.07) is 1.62. The van der Waals surface area contributed by atoms with Crippen molar-refractivity contribution in [2.45, 2.75) is 19.8 Å². The number of nitrogens with one attached hydrogen (secondary N) is 2. The summed E-state index contributed by atoms with van der Waals surface area (Å²) in [6.07, 6.45) is 1.40. The van der Waals surface area contributed by atoms with Crippen molar-refractivity contribution in [2.75, 3.05) is 45.7 Å². The largest absolute Gasteiger partial charge is 0.384 e. The Bertz CT molecular complexity index is 552. The zero-order valence-electron chi connectivity index (χ0n) is 14.3. The molecule has 1 aliphatic heterocycles. The smallest absolute Gasteiger partial charge is 0.245 e. The van der Waals surface area contributed by atoms with E-state index in [2.05, 4.69) is 15.8 Å². The molecule has 136 valence electrons. The molecule has 1 fully saturated rings. The first-order valence-corrected chi connectivity index (χ1v) is 7.65. The van der Waals surface area contributed by atoms with Gasteiger partial charge in [0.2, 0.25) is 11.8 Å². The van der Waals surface area contributed by atoms with Gasteiger partial charge >= 0.3 is 0 Å². The summed E-state index contributed by atoms with van der Waals surface area (Å²) in [7, 11) is 3.23. The van der Waals surface area contributed by atoms with E-state index in [-0.39, 0.29) is 30.8 Å². The molecular weight excluding hydrogens is 336 g/mol. The monoisotopic (exact) mass is 360 g/mol. The number of piperidine rings is 1. The van der Waals surface area contributed by atoms with Crippen LogP contribution in [0, 0.1) is 12.3 Å². The highest BCUT2D eigenvalue weighted by molar-refractivity contribution is 5.94. The van der Waals surface area contributed by atoms with E-state index in [9.17, 15) is 9.59 Å². The van der Waals surface area contributed by atoms with Crippen molar-refractivity contribution in [2.24, 2.45) is 5.41 Å². The molecule has 1 aromatic rings. The zero-order valence-corrected chi connectivity index (χ0v) is 15.1. The van der Waals surface area contributed by atoms with Gasteiger partial charge in [0.05, 0.1) is 18.6 Å². The number of amides is 2. The van der Waals surface area contributed by atoms with Gasteiger partial charge in [0.15, 0.2) is 5.82 Å². The highest BCUT2D eigenvalue weighted by atomic mass is 35.5. The van der Waals surface area contributed by atoms with Gasteiger partial charge in [0.1, 0.15) is 5.76 Å². The normalized spacial score (nSPS) is 16.1. The summed E-state index contributed by atoms with van der Waals surface area (Å²) < 4.78 is 10.2. The number of halogens is 1. The average molecular weight is 361 g/mol. The topological polar surface area (TPSA) is 96.7 Å². The third-order valence-corrected chi connectivity index (χ3v) is 4.06. The maximum absolute atomic E-state index is 12.8. The Morgan fingerprint density at radius 2 is 2.12 bits per heavy atom. The maximum Gasteiger partial charge on any atom is 0.245 e. The molecule has 0 bridgehead atoms. The van der Waals surface area contributed by atoms with Crippen LogP contribution in [-0.4, -0.2) is 62.3 Å². The molecule has 2 rings (SSSR count). The minimum absolute atomic E-state index is 0. The maximum atomic E-state index is 12.8. The molecule has 2 N–H and O–H groups in total. The second kappa shape index (κ2) is 9.00. The standard InChI is InChI=1S/C15H24N4O4.ClH/c1-11-8-12(18-23-11)17-13(20)9-19(2)14(21)15(10-22-3)4-6-16-7-5-15;/h8,16H,4-7,9-10H2,1-3H3,(H,17,18,20);1H. The van der Waals surface area contributed by atoms with E-state index in [0.29, 0.717) is 31.0 Å². The summed E-state index contributed by atoms with van der Waals surface area (Å²) in [5.41, 5.74) is -0.556. The third-order valence-electron chi connectivity index (χ3n) is 4.06. The number of rotatable bonds is 6. The second-order valence-corrected chi connectivity index (χ2v) is 6.00. The number of hydrogen-bond acceptors (Lipinski definition) is 6. The number of aromatic nitrogens is 1. The first-order valence-electron chi connectivity index (χ1n) is 7.65. The summed E-state index contributed by atoms with van der Waals surface area (Å²) in [6.45, 7) is 3.61. The molecule has 1 aliphatic rings. The Morgan fingerprint density at radius 3 is 2.67 bits per heavy atom. The quantitative estimate of drug-likeness (QED) is 0.779. The second-order valence-electron chi connectivity index (χ2n) is 6.00. The highest BCUT2D eigenvalue weighted by Crippen LogP contribution is 2.31. The van der Waals surface area contributed by atoms with Gasteiger partial charge < -0.3 is 24.8 Å². The predicted octanol–water partition coefficient (Wildman–Crippen LogP) is 0.818. The summed E-state index contributed by atoms with van der Waals surface area (Å²) >= 11 is 0. The minimum Gasteiger partial charge on any atom is -0.384 e. The van der Waals surface area contributed by atoms with Crippen LogP contribution in [0.4, 0.5) is 5.82 Å². The molecule has 0 radical (unpaired) electrons. The van der Waals surface area contributed by atoms with Gasteiger partial charge in [-0.1, -0.05) is 5.16 Å². The Hall–Kier alpha value is -1.64. The molecule has 8 nitrogen and oxygen atoms in total. The van der Waals surface area contributed by atoms with Crippen LogP contribution in [-0.2, 0) is 14.3 Å². The lowest BCUT2D eigenvalue weighted by atomic mass is 9.78. The van der Waals surface area contributed by atoms with E-state index < -0.39 is 5.41 Å². The number of likely N-dealkylation sites (N-methyl/N-ethyl adjacent to an activating group) is 1. The van der Waals surface area contributed by atoms with Crippen LogP contribution in [0.2, 0.25) is 0 Å². The summed E-state index contributed by atoms with van der Waals surface area (Å²) in [5, 5.41) is 9.56. The van der Waals surface area contributed by atoms with Crippen molar-refractivity contribution >= 4 is 30.0 Å². The van der Waals surface area contributed by atoms with Crippen LogP contribution in [0.1, 0.15) is 18.6 Å². The molecule has 0 atom stereocenters. The zero-order chi connectivity index (χ0) is 16.9. The van der Waals surface area contributed by atoms with Gasteiger partial charge in [-0.15, -0.1) is 12.4 Å². The number of anilines is 1. The molecule has 2 heterocycles. The van der Waals surface area contributed by atoms with Crippen molar-refractivity contribution in [1.82, 2.24) is 15.4 Å². The van der Waals surface area contributed by atoms with Gasteiger partial charge in [-0.05, 0) is 32.9 Å². The van der Waals surface area contributed by atoms with Crippen LogP contribution >= 0.6 is 12.4 Å². The van der Waals surface area contributed by atoms with Gasteiger partial charge in [-0.3, -0.25) is 9.59 Å². The molecule has 0 aliphatic carbocycles. The fourth-order valence-corrected chi connectivity index (χ4v) is 2.90. The number of ether oxygens (including phenoxy) is 1. The lowest BCUT2D eigenvalue weighted by Gasteiger charge is -2.38. The summed E-state index contributed by atoms with van der Waals surface area (Å²) in [5.74, 6) is 0.586. The number of nitrogens with zero attached hydrogens (tertiary/aromatic N) is 2. The molecule has 24 heavy (non-hydrogen) atoms. The molecule has 1 aromatic heterocycles. The van der Waals surface area contributed by atoms with Gasteiger partial charge in [0, 0.05) is 20.2 Å².